The van der Waals surface area contributed by atoms with E-state index in [4.69, 9.17) is 19.4 Å². The zero-order valence-corrected chi connectivity index (χ0v) is 22.1. The summed E-state index contributed by atoms with van der Waals surface area (Å²) >= 11 is 0. The molecule has 5 nitrogen and oxygen atoms in total. The van der Waals surface area contributed by atoms with E-state index in [0.29, 0.717) is 5.61 Å². The van der Waals surface area contributed by atoms with Gasteiger partial charge in [0.05, 0.1) is 28.9 Å². The molecule has 3 aromatic carbocycles. The normalized spacial score (nSPS) is 23.7. The lowest BCUT2D eigenvalue weighted by Crippen LogP contribution is -2.50. The number of hydrogen-bond donors (Lipinski definition) is 0. The average molecular weight is 507 g/mol. The largest absolute Gasteiger partial charge is 0.512 e. The Balaban J connectivity index is 1.61. The van der Waals surface area contributed by atoms with Crippen LogP contribution in [0.5, 0.6) is 0 Å². The molecule has 0 spiro atoms. The van der Waals surface area contributed by atoms with Crippen molar-refractivity contribution in [3.63, 3.8) is 0 Å². The third-order valence-corrected chi connectivity index (χ3v) is 8.24. The van der Waals surface area contributed by atoms with E-state index in [9.17, 15) is 4.39 Å². The van der Waals surface area contributed by atoms with Gasteiger partial charge in [-0.3, -0.25) is 10.0 Å². The van der Waals surface area contributed by atoms with Crippen molar-refractivity contribution in [1.29, 1.82) is 0 Å². The second-order valence-corrected chi connectivity index (χ2v) is 11.0. The van der Waals surface area contributed by atoms with Crippen LogP contribution < -0.4 is 0 Å². The van der Waals surface area contributed by atoms with Crippen LogP contribution in [0.15, 0.2) is 113 Å². The first-order valence-corrected chi connectivity index (χ1v) is 13.0. The first-order chi connectivity index (χ1) is 18.2. The molecule has 192 valence electrons. The first kappa shape index (κ1) is 24.8. The molecule has 3 aromatic rings. The maximum atomic E-state index is 14.7. The van der Waals surface area contributed by atoms with Crippen LogP contribution in [0.25, 0.3) is 0 Å². The van der Waals surface area contributed by atoms with E-state index in [-0.39, 0.29) is 5.83 Å². The van der Waals surface area contributed by atoms with Crippen molar-refractivity contribution < 1.29 is 13.7 Å². The zero-order chi connectivity index (χ0) is 26.5. The monoisotopic (exact) mass is 507 g/mol. The zero-order valence-electron chi connectivity index (χ0n) is 22.1. The predicted octanol–water partition coefficient (Wildman–Crippen LogP) is 6.16. The Hall–Kier alpha value is -3.55. The van der Waals surface area contributed by atoms with Gasteiger partial charge >= 0.3 is 7.12 Å². The highest BCUT2D eigenvalue weighted by molar-refractivity contribution is 6.83. The number of nitrogens with zero attached hydrogens (tertiary/aromatic N) is 3. The molecule has 7 heteroatoms. The Kier molecular flexibility index (Phi) is 5.89. The molecule has 3 aliphatic rings. The van der Waals surface area contributed by atoms with Crippen molar-refractivity contribution in [2.75, 3.05) is 0 Å². The number of benzene rings is 3. The van der Waals surface area contributed by atoms with Gasteiger partial charge in [0.1, 0.15) is 17.5 Å². The second kappa shape index (κ2) is 9.03. The summed E-state index contributed by atoms with van der Waals surface area (Å²) in [6.07, 6.45) is 2.39. The summed E-state index contributed by atoms with van der Waals surface area (Å²) in [5.41, 5.74) is 1.74. The molecule has 1 fully saturated rings. The number of allylic oxidation sites excluding steroid dienone is 1. The van der Waals surface area contributed by atoms with E-state index >= 15 is 0 Å². The number of hydrogen-bond acceptors (Lipinski definition) is 5. The van der Waals surface area contributed by atoms with Gasteiger partial charge in [-0.25, -0.2) is 4.39 Å². The number of dihydropyridines is 1. The molecular formula is C31H31BFN3O2. The van der Waals surface area contributed by atoms with Crippen molar-refractivity contribution >= 4 is 18.9 Å². The van der Waals surface area contributed by atoms with E-state index in [2.05, 4.69) is 36.4 Å². The first-order valence-electron chi connectivity index (χ1n) is 13.0. The van der Waals surface area contributed by atoms with Crippen molar-refractivity contribution in [3.05, 3.63) is 120 Å². The summed E-state index contributed by atoms with van der Waals surface area (Å²) in [5, 5.41) is 7.28. The van der Waals surface area contributed by atoms with Crippen LogP contribution in [0.3, 0.4) is 0 Å². The summed E-state index contributed by atoms with van der Waals surface area (Å²) in [7, 11) is -0.727. The van der Waals surface area contributed by atoms with Gasteiger partial charge < -0.3 is 9.31 Å². The smallest absolute Gasteiger partial charge is 0.399 e. The second-order valence-electron chi connectivity index (χ2n) is 11.0. The molecule has 0 aliphatic carbocycles. The summed E-state index contributed by atoms with van der Waals surface area (Å²) in [6.45, 7) is 8.04. The van der Waals surface area contributed by atoms with Gasteiger partial charge in [-0.1, -0.05) is 91.0 Å². The standard InChI is InChI=1S/C31H31BFN3O2/c1-29(2)30(3,4)38-32(37-29)27-26-20-25(33)21-34-28(26)36(35-27)31(22-14-8-5-9-15-22,23-16-10-6-11-17-23)24-18-12-7-13-19-24/h5-21,26,28H,1-4H3. The molecule has 3 heterocycles. The summed E-state index contributed by atoms with van der Waals surface area (Å²) < 4.78 is 27.6. The van der Waals surface area contributed by atoms with Crippen molar-refractivity contribution in [2.45, 2.75) is 50.6 Å². The molecule has 0 radical (unpaired) electrons. The van der Waals surface area contributed by atoms with E-state index in [0.717, 1.165) is 16.7 Å². The fourth-order valence-electron chi connectivity index (χ4n) is 5.62. The molecule has 0 bridgehead atoms. The van der Waals surface area contributed by atoms with Gasteiger partial charge in [0, 0.05) is 0 Å². The van der Waals surface area contributed by atoms with Gasteiger partial charge in [-0.2, -0.15) is 5.10 Å². The molecule has 3 aliphatic heterocycles. The van der Waals surface area contributed by atoms with Crippen LogP contribution in [0.1, 0.15) is 44.4 Å². The topological polar surface area (TPSA) is 46.4 Å². The van der Waals surface area contributed by atoms with Crippen LogP contribution >= 0.6 is 0 Å². The van der Waals surface area contributed by atoms with Crippen LogP contribution in [-0.2, 0) is 14.8 Å². The summed E-state index contributed by atoms with van der Waals surface area (Å²) in [5.74, 6) is -0.840. The fraction of sp³-hybridized carbons (Fsp3) is 0.290. The van der Waals surface area contributed by atoms with Gasteiger partial charge in [0.2, 0.25) is 0 Å². The minimum absolute atomic E-state index is 0.387. The fourth-order valence-corrected chi connectivity index (χ4v) is 5.62. The van der Waals surface area contributed by atoms with E-state index < -0.39 is 35.9 Å². The van der Waals surface area contributed by atoms with Crippen molar-refractivity contribution in [1.82, 2.24) is 5.01 Å². The molecule has 0 saturated carbocycles. The third-order valence-electron chi connectivity index (χ3n) is 8.24. The van der Waals surface area contributed by atoms with Gasteiger partial charge in [0.25, 0.3) is 0 Å². The average Bonchev–Trinajstić information content (AvgIpc) is 3.39. The lowest BCUT2D eigenvalue weighted by molar-refractivity contribution is 0.00578. The predicted molar refractivity (Wildman–Crippen MR) is 150 cm³/mol. The molecule has 2 unspecified atom stereocenters. The van der Waals surface area contributed by atoms with Crippen LogP contribution in [0.2, 0.25) is 0 Å². The lowest BCUT2D eigenvalue weighted by atomic mass is 9.72. The minimum Gasteiger partial charge on any atom is -0.399 e. The van der Waals surface area contributed by atoms with E-state index in [1.54, 1.807) is 6.08 Å². The molecule has 0 amide bonds. The van der Waals surface area contributed by atoms with Crippen LogP contribution in [0.4, 0.5) is 4.39 Å². The molecule has 1 saturated heterocycles. The Labute approximate surface area is 223 Å². The van der Waals surface area contributed by atoms with Crippen LogP contribution in [-0.4, -0.2) is 41.3 Å². The maximum Gasteiger partial charge on any atom is 0.512 e. The number of fused-ring (bicyclic) bond motifs is 1. The Morgan fingerprint density at radius 3 is 1.66 bits per heavy atom. The molecule has 38 heavy (non-hydrogen) atoms. The molecular weight excluding hydrogens is 476 g/mol. The quantitative estimate of drug-likeness (QED) is 0.307. The highest BCUT2D eigenvalue weighted by Gasteiger charge is 2.59. The summed E-state index contributed by atoms with van der Waals surface area (Å²) in [6, 6.07) is 30.9. The summed E-state index contributed by atoms with van der Waals surface area (Å²) in [4.78, 5) is 4.72. The Morgan fingerprint density at radius 2 is 1.21 bits per heavy atom. The molecule has 6 rings (SSSR count). The number of rotatable bonds is 5. The molecule has 0 aromatic heterocycles. The number of aliphatic imine (C=N–C) groups is 1. The van der Waals surface area contributed by atoms with Crippen molar-refractivity contribution in [3.8, 4) is 0 Å². The van der Waals surface area contributed by atoms with Gasteiger partial charge in [0.15, 0.2) is 0 Å². The lowest BCUT2D eigenvalue weighted by Gasteiger charge is -2.45. The Bertz CT molecular complexity index is 1290. The van der Waals surface area contributed by atoms with Gasteiger partial charge in [-0.05, 0) is 50.5 Å². The van der Waals surface area contributed by atoms with Gasteiger partial charge in [-0.15, -0.1) is 0 Å². The van der Waals surface area contributed by atoms with E-state index in [1.807, 2.05) is 87.3 Å². The van der Waals surface area contributed by atoms with Crippen molar-refractivity contribution in [2.24, 2.45) is 16.0 Å². The number of hydrazone groups is 1. The number of halogens is 1. The highest BCUT2D eigenvalue weighted by Crippen LogP contribution is 2.49. The highest BCUT2D eigenvalue weighted by atomic mass is 19.1. The minimum atomic E-state index is -0.850. The van der Waals surface area contributed by atoms with Crippen LogP contribution in [0, 0.1) is 5.92 Å². The SMILES string of the molecule is CC1(C)OB(C2=NN(C(c3ccccc3)(c3ccccc3)c3ccccc3)C3N=CC(F)=CC23)OC1(C)C. The maximum absolute atomic E-state index is 14.7. The molecule has 2 atom stereocenters. The van der Waals surface area contributed by atoms with E-state index in [1.165, 1.54) is 6.21 Å². The third kappa shape index (κ3) is 3.76. The molecule has 0 N–H and O–H groups in total. The Morgan fingerprint density at radius 1 is 0.763 bits per heavy atom.